The summed E-state index contributed by atoms with van der Waals surface area (Å²) in [4.78, 5) is 7.38. The topological polar surface area (TPSA) is 21.1 Å². The van der Waals surface area contributed by atoms with Crippen LogP contribution in [0.4, 0.5) is 0 Å². The van der Waals surface area contributed by atoms with Gasteiger partial charge in [-0.2, -0.15) is 0 Å². The highest BCUT2D eigenvalue weighted by atomic mass is 35.5. The predicted octanol–water partition coefficient (Wildman–Crippen LogP) is 3.74. The normalized spacial score (nSPS) is 28.4. The molecule has 0 N–H and O–H groups in total. The number of alkyl halides is 1. The molecule has 3 aliphatic heterocycles. The van der Waals surface area contributed by atoms with Crippen LogP contribution in [0, 0.1) is 5.92 Å². The third kappa shape index (κ3) is 2.36. The summed E-state index contributed by atoms with van der Waals surface area (Å²) in [5.74, 6) is 2.50. The van der Waals surface area contributed by atoms with Crippen molar-refractivity contribution in [2.24, 2.45) is 5.92 Å². The Labute approximate surface area is 134 Å². The van der Waals surface area contributed by atoms with Gasteiger partial charge in [0.05, 0.1) is 17.1 Å². The summed E-state index contributed by atoms with van der Waals surface area (Å²) < 4.78 is 2.45. The van der Waals surface area contributed by atoms with Gasteiger partial charge in [0.2, 0.25) is 0 Å². The monoisotopic (exact) mass is 323 g/mol. The SMILES string of the molecule is ClCCc1nc2cc(Cl)ccc2n1C1CN2CCC1CC2. The first-order valence-electron chi connectivity index (χ1n) is 7.71. The van der Waals surface area contributed by atoms with Gasteiger partial charge in [0.15, 0.2) is 0 Å². The maximum absolute atomic E-state index is 6.12. The number of halogens is 2. The third-order valence-electron chi connectivity index (χ3n) is 5.00. The zero-order chi connectivity index (χ0) is 14.4. The van der Waals surface area contributed by atoms with E-state index in [1.54, 1.807) is 0 Å². The molecule has 0 saturated carbocycles. The van der Waals surface area contributed by atoms with Gasteiger partial charge < -0.3 is 9.47 Å². The molecule has 0 spiro atoms. The minimum absolute atomic E-state index is 0.539. The van der Waals surface area contributed by atoms with E-state index in [1.165, 1.54) is 31.4 Å². The standard InChI is InChI=1S/C16H19Cl2N3/c17-6-3-16-19-13-9-12(18)1-2-14(13)21(16)15-10-20-7-4-11(15)5-8-20/h1-2,9,11,15H,3-8,10H2. The first-order chi connectivity index (χ1) is 10.3. The number of aryl methyl sites for hydroxylation is 1. The smallest absolute Gasteiger partial charge is 0.111 e. The van der Waals surface area contributed by atoms with Crippen molar-refractivity contribution < 1.29 is 0 Å². The summed E-state index contributed by atoms with van der Waals surface area (Å²) in [7, 11) is 0. The van der Waals surface area contributed by atoms with Gasteiger partial charge in [-0.1, -0.05) is 11.6 Å². The summed E-state index contributed by atoms with van der Waals surface area (Å²) in [5.41, 5.74) is 2.21. The van der Waals surface area contributed by atoms with Crippen LogP contribution in [0.3, 0.4) is 0 Å². The van der Waals surface area contributed by atoms with E-state index in [9.17, 15) is 0 Å². The van der Waals surface area contributed by atoms with E-state index in [0.29, 0.717) is 11.9 Å². The van der Waals surface area contributed by atoms with E-state index >= 15 is 0 Å². The largest absolute Gasteiger partial charge is 0.323 e. The van der Waals surface area contributed by atoms with Crippen LogP contribution in [0.1, 0.15) is 24.7 Å². The van der Waals surface area contributed by atoms with Gasteiger partial charge >= 0.3 is 0 Å². The molecular weight excluding hydrogens is 305 g/mol. The van der Waals surface area contributed by atoms with E-state index in [-0.39, 0.29) is 0 Å². The number of piperidine rings is 3. The Hall–Kier alpha value is -0.770. The van der Waals surface area contributed by atoms with Crippen LogP contribution in [0.2, 0.25) is 5.02 Å². The van der Waals surface area contributed by atoms with Crippen molar-refractivity contribution in [2.45, 2.75) is 25.3 Å². The highest BCUT2D eigenvalue weighted by Crippen LogP contribution is 2.38. The highest BCUT2D eigenvalue weighted by Gasteiger charge is 2.36. The van der Waals surface area contributed by atoms with Gasteiger partial charge in [-0.15, -0.1) is 11.6 Å². The second kappa shape index (κ2) is 5.45. The number of nitrogens with zero attached hydrogens (tertiary/aromatic N) is 3. The first-order valence-corrected chi connectivity index (χ1v) is 8.62. The van der Waals surface area contributed by atoms with E-state index in [2.05, 4.69) is 15.5 Å². The van der Waals surface area contributed by atoms with E-state index in [1.807, 2.05) is 12.1 Å². The lowest BCUT2D eigenvalue weighted by atomic mass is 9.83. The summed E-state index contributed by atoms with van der Waals surface area (Å²) >= 11 is 12.1. The molecule has 1 aromatic carbocycles. The summed E-state index contributed by atoms with van der Waals surface area (Å²) in [6, 6.07) is 6.58. The summed E-state index contributed by atoms with van der Waals surface area (Å²) in [6.45, 7) is 3.66. The molecule has 5 heteroatoms. The molecule has 4 heterocycles. The Kier molecular flexibility index (Phi) is 3.60. The van der Waals surface area contributed by atoms with Crippen LogP contribution in [-0.4, -0.2) is 40.0 Å². The lowest BCUT2D eigenvalue weighted by Gasteiger charge is -2.45. The first kappa shape index (κ1) is 13.9. The molecule has 3 aliphatic rings. The van der Waals surface area contributed by atoms with Gasteiger partial charge in [-0.3, -0.25) is 0 Å². The Morgan fingerprint density at radius 1 is 1.24 bits per heavy atom. The number of rotatable bonds is 3. The van der Waals surface area contributed by atoms with Crippen molar-refractivity contribution in [3.05, 3.63) is 29.0 Å². The molecule has 2 aromatic rings. The Bertz CT molecular complexity index is 659. The fraction of sp³-hybridized carbons (Fsp3) is 0.562. The second-order valence-electron chi connectivity index (χ2n) is 6.18. The van der Waals surface area contributed by atoms with E-state index in [0.717, 1.165) is 35.2 Å². The van der Waals surface area contributed by atoms with Crippen LogP contribution in [0.5, 0.6) is 0 Å². The van der Waals surface area contributed by atoms with Crippen molar-refractivity contribution in [3.8, 4) is 0 Å². The third-order valence-corrected chi connectivity index (χ3v) is 5.42. The lowest BCUT2D eigenvalue weighted by molar-refractivity contribution is 0.0576. The molecule has 1 atom stereocenters. The lowest BCUT2D eigenvalue weighted by Crippen LogP contribution is -2.48. The van der Waals surface area contributed by atoms with Crippen molar-refractivity contribution >= 4 is 34.2 Å². The molecule has 0 radical (unpaired) electrons. The van der Waals surface area contributed by atoms with Crippen LogP contribution in [-0.2, 0) is 6.42 Å². The number of benzene rings is 1. The van der Waals surface area contributed by atoms with Crippen molar-refractivity contribution in [1.82, 2.24) is 14.5 Å². The predicted molar refractivity (Wildman–Crippen MR) is 87.4 cm³/mol. The molecule has 3 nitrogen and oxygen atoms in total. The Morgan fingerprint density at radius 3 is 2.71 bits per heavy atom. The second-order valence-corrected chi connectivity index (χ2v) is 6.99. The molecule has 112 valence electrons. The number of aromatic nitrogens is 2. The van der Waals surface area contributed by atoms with E-state index < -0.39 is 0 Å². The average molecular weight is 324 g/mol. The van der Waals surface area contributed by atoms with Gasteiger partial charge in [-0.05, 0) is 50.0 Å². The summed E-state index contributed by atoms with van der Waals surface area (Å²) in [5, 5.41) is 0.749. The molecule has 21 heavy (non-hydrogen) atoms. The molecular formula is C16H19Cl2N3. The number of fused-ring (bicyclic) bond motifs is 4. The average Bonchev–Trinajstić information content (AvgIpc) is 2.85. The van der Waals surface area contributed by atoms with Crippen molar-refractivity contribution in [3.63, 3.8) is 0 Å². The maximum atomic E-state index is 6.12. The zero-order valence-corrected chi connectivity index (χ0v) is 13.4. The van der Waals surface area contributed by atoms with Crippen LogP contribution < -0.4 is 0 Å². The zero-order valence-electron chi connectivity index (χ0n) is 11.9. The molecule has 0 amide bonds. The molecule has 2 bridgehead atoms. The van der Waals surface area contributed by atoms with Gasteiger partial charge in [0.25, 0.3) is 0 Å². The molecule has 3 fully saturated rings. The maximum Gasteiger partial charge on any atom is 0.111 e. The van der Waals surface area contributed by atoms with E-state index in [4.69, 9.17) is 28.2 Å². The molecule has 1 aromatic heterocycles. The Balaban J connectivity index is 1.83. The minimum atomic E-state index is 0.539. The minimum Gasteiger partial charge on any atom is -0.323 e. The van der Waals surface area contributed by atoms with Gasteiger partial charge in [0.1, 0.15) is 5.82 Å². The molecule has 5 rings (SSSR count). The number of imidazole rings is 1. The van der Waals surface area contributed by atoms with Gasteiger partial charge in [-0.25, -0.2) is 4.98 Å². The van der Waals surface area contributed by atoms with Crippen LogP contribution >= 0.6 is 23.2 Å². The van der Waals surface area contributed by atoms with Crippen molar-refractivity contribution in [1.29, 1.82) is 0 Å². The highest BCUT2D eigenvalue weighted by molar-refractivity contribution is 6.31. The molecule has 3 saturated heterocycles. The van der Waals surface area contributed by atoms with Crippen molar-refractivity contribution in [2.75, 3.05) is 25.5 Å². The fourth-order valence-electron chi connectivity index (χ4n) is 3.98. The summed E-state index contributed by atoms with van der Waals surface area (Å²) in [6.07, 6.45) is 3.42. The van der Waals surface area contributed by atoms with Crippen LogP contribution in [0.15, 0.2) is 18.2 Å². The Morgan fingerprint density at radius 2 is 2.05 bits per heavy atom. The number of hydrogen-bond donors (Lipinski definition) is 0. The molecule has 1 unspecified atom stereocenters. The van der Waals surface area contributed by atoms with Gasteiger partial charge in [0, 0.05) is 23.9 Å². The number of hydrogen-bond acceptors (Lipinski definition) is 2. The molecule has 0 aliphatic carbocycles. The quantitative estimate of drug-likeness (QED) is 0.802. The fourth-order valence-corrected chi connectivity index (χ4v) is 4.31. The van der Waals surface area contributed by atoms with Crippen LogP contribution in [0.25, 0.3) is 11.0 Å².